The molecule has 0 aliphatic rings. The molecule has 0 bridgehead atoms. The number of methoxy groups -OCH3 is 1. The highest BCUT2D eigenvalue weighted by molar-refractivity contribution is 7.10. The van der Waals surface area contributed by atoms with Crippen molar-refractivity contribution in [1.82, 2.24) is 5.32 Å². The molecular weight excluding hydrogens is 278 g/mol. The van der Waals surface area contributed by atoms with Gasteiger partial charge in [-0.05, 0) is 41.5 Å². The molecule has 0 saturated heterocycles. The summed E-state index contributed by atoms with van der Waals surface area (Å²) in [6, 6.07) is 11.2. The first-order valence-electron chi connectivity index (χ1n) is 7.62. The van der Waals surface area contributed by atoms with Crippen LogP contribution in [0, 0.1) is 0 Å². The van der Waals surface area contributed by atoms with Crippen LogP contribution in [0.2, 0.25) is 0 Å². The second-order valence-corrected chi connectivity index (χ2v) is 6.51. The predicted octanol–water partition coefficient (Wildman–Crippen LogP) is 4.97. The number of hydrogen-bond donors (Lipinski definition) is 1. The average molecular weight is 303 g/mol. The molecule has 0 radical (unpaired) electrons. The summed E-state index contributed by atoms with van der Waals surface area (Å²) in [6.07, 6.45) is 1.12. The second kappa shape index (κ2) is 7.62. The van der Waals surface area contributed by atoms with E-state index >= 15 is 0 Å². The van der Waals surface area contributed by atoms with Crippen molar-refractivity contribution in [2.45, 2.75) is 39.2 Å². The number of nitrogens with one attached hydrogen (secondary N) is 1. The summed E-state index contributed by atoms with van der Waals surface area (Å²) in [5.41, 5.74) is 2.68. The van der Waals surface area contributed by atoms with Gasteiger partial charge in [0.2, 0.25) is 0 Å². The molecule has 1 heterocycles. The SMILES string of the molecule is CCCNC(c1ccc(C(C)C)cc1)c1sccc1OC. The Morgan fingerprint density at radius 1 is 1.10 bits per heavy atom. The minimum Gasteiger partial charge on any atom is -0.496 e. The monoisotopic (exact) mass is 303 g/mol. The number of benzene rings is 1. The van der Waals surface area contributed by atoms with Gasteiger partial charge >= 0.3 is 0 Å². The molecule has 21 heavy (non-hydrogen) atoms. The zero-order valence-electron chi connectivity index (χ0n) is 13.3. The Morgan fingerprint density at radius 2 is 1.76 bits per heavy atom. The largest absolute Gasteiger partial charge is 0.496 e. The minimum absolute atomic E-state index is 0.209. The second-order valence-electron chi connectivity index (χ2n) is 5.56. The smallest absolute Gasteiger partial charge is 0.134 e. The van der Waals surface area contributed by atoms with E-state index in [1.54, 1.807) is 18.4 Å². The summed E-state index contributed by atoms with van der Waals surface area (Å²) in [5.74, 6) is 1.54. The van der Waals surface area contributed by atoms with Crippen molar-refractivity contribution < 1.29 is 4.74 Å². The van der Waals surface area contributed by atoms with Crippen LogP contribution in [0.4, 0.5) is 0 Å². The van der Waals surface area contributed by atoms with Gasteiger partial charge in [0.15, 0.2) is 0 Å². The molecule has 114 valence electrons. The topological polar surface area (TPSA) is 21.3 Å². The van der Waals surface area contributed by atoms with Crippen molar-refractivity contribution in [3.05, 3.63) is 51.7 Å². The number of rotatable bonds is 7. The lowest BCUT2D eigenvalue weighted by molar-refractivity contribution is 0.407. The molecule has 1 aromatic heterocycles. The van der Waals surface area contributed by atoms with Crippen LogP contribution < -0.4 is 10.1 Å². The summed E-state index contributed by atoms with van der Waals surface area (Å²) < 4.78 is 5.50. The van der Waals surface area contributed by atoms with E-state index in [2.05, 4.69) is 55.7 Å². The van der Waals surface area contributed by atoms with Crippen LogP contribution in [-0.2, 0) is 0 Å². The Kier molecular flexibility index (Phi) is 5.83. The van der Waals surface area contributed by atoms with Crippen molar-refractivity contribution in [2.75, 3.05) is 13.7 Å². The molecular formula is C18H25NOS. The molecule has 0 spiro atoms. The van der Waals surface area contributed by atoms with Crippen LogP contribution in [0.25, 0.3) is 0 Å². The molecule has 0 aliphatic heterocycles. The van der Waals surface area contributed by atoms with Crippen molar-refractivity contribution in [3.63, 3.8) is 0 Å². The molecule has 1 aromatic carbocycles. The first kappa shape index (κ1) is 16.1. The number of ether oxygens (including phenoxy) is 1. The Balaban J connectivity index is 2.31. The zero-order valence-corrected chi connectivity index (χ0v) is 14.2. The van der Waals surface area contributed by atoms with Gasteiger partial charge in [0.1, 0.15) is 5.75 Å². The van der Waals surface area contributed by atoms with Gasteiger partial charge < -0.3 is 10.1 Å². The lowest BCUT2D eigenvalue weighted by Crippen LogP contribution is -2.22. The lowest BCUT2D eigenvalue weighted by Gasteiger charge is -2.20. The van der Waals surface area contributed by atoms with Gasteiger partial charge in [-0.15, -0.1) is 11.3 Å². The van der Waals surface area contributed by atoms with Crippen molar-refractivity contribution in [2.24, 2.45) is 0 Å². The Labute approximate surface area is 132 Å². The molecule has 0 fully saturated rings. The van der Waals surface area contributed by atoms with Gasteiger partial charge in [0.25, 0.3) is 0 Å². The van der Waals surface area contributed by atoms with Crippen molar-refractivity contribution in [1.29, 1.82) is 0 Å². The fourth-order valence-corrected chi connectivity index (χ4v) is 3.37. The van der Waals surface area contributed by atoms with Crippen LogP contribution in [0.3, 0.4) is 0 Å². The third-order valence-electron chi connectivity index (χ3n) is 3.67. The molecule has 0 saturated carbocycles. The first-order chi connectivity index (χ1) is 10.2. The van der Waals surface area contributed by atoms with Crippen molar-refractivity contribution in [3.8, 4) is 5.75 Å². The summed E-state index contributed by atoms with van der Waals surface area (Å²) >= 11 is 1.75. The maximum absolute atomic E-state index is 5.50. The normalized spacial score (nSPS) is 12.6. The molecule has 0 aliphatic carbocycles. The number of hydrogen-bond acceptors (Lipinski definition) is 3. The van der Waals surface area contributed by atoms with Gasteiger partial charge in [-0.3, -0.25) is 0 Å². The highest BCUT2D eigenvalue weighted by Crippen LogP contribution is 2.35. The molecule has 2 aromatic rings. The molecule has 0 amide bonds. The molecule has 2 rings (SSSR count). The van der Waals surface area contributed by atoms with E-state index in [1.165, 1.54) is 16.0 Å². The standard InChI is InChI=1S/C18H25NOS/c1-5-11-19-17(18-16(20-4)10-12-21-18)15-8-6-14(7-9-15)13(2)3/h6-10,12-13,17,19H,5,11H2,1-4H3. The molecule has 1 unspecified atom stereocenters. The summed E-state index contributed by atoms with van der Waals surface area (Å²) in [4.78, 5) is 1.25. The molecule has 1 atom stereocenters. The lowest BCUT2D eigenvalue weighted by atomic mass is 9.98. The summed E-state index contributed by atoms with van der Waals surface area (Å²) in [6.45, 7) is 7.64. The first-order valence-corrected chi connectivity index (χ1v) is 8.50. The fourth-order valence-electron chi connectivity index (χ4n) is 2.41. The highest BCUT2D eigenvalue weighted by Gasteiger charge is 2.19. The van der Waals surface area contributed by atoms with E-state index in [-0.39, 0.29) is 6.04 Å². The third-order valence-corrected chi connectivity index (χ3v) is 4.64. The van der Waals surface area contributed by atoms with Crippen LogP contribution >= 0.6 is 11.3 Å². The maximum Gasteiger partial charge on any atom is 0.134 e. The van der Waals surface area contributed by atoms with Gasteiger partial charge in [-0.25, -0.2) is 0 Å². The summed E-state index contributed by atoms with van der Waals surface area (Å²) in [7, 11) is 1.74. The summed E-state index contributed by atoms with van der Waals surface area (Å²) in [5, 5.41) is 5.74. The van der Waals surface area contributed by atoms with E-state index < -0.39 is 0 Å². The molecule has 2 nitrogen and oxygen atoms in total. The Hall–Kier alpha value is -1.32. The molecule has 1 N–H and O–H groups in total. The van der Waals surface area contributed by atoms with E-state index in [9.17, 15) is 0 Å². The number of thiophene rings is 1. The van der Waals surface area contributed by atoms with Gasteiger partial charge in [-0.2, -0.15) is 0 Å². The Morgan fingerprint density at radius 3 is 2.33 bits per heavy atom. The van der Waals surface area contributed by atoms with E-state index in [1.807, 2.05) is 6.07 Å². The predicted molar refractivity (Wildman–Crippen MR) is 91.5 cm³/mol. The fraction of sp³-hybridized carbons (Fsp3) is 0.444. The quantitative estimate of drug-likeness (QED) is 0.780. The van der Waals surface area contributed by atoms with Crippen LogP contribution in [0.15, 0.2) is 35.7 Å². The zero-order chi connectivity index (χ0) is 15.2. The van der Waals surface area contributed by atoms with Gasteiger partial charge in [-0.1, -0.05) is 45.0 Å². The van der Waals surface area contributed by atoms with Gasteiger partial charge in [0.05, 0.1) is 18.0 Å². The minimum atomic E-state index is 0.209. The van der Waals surface area contributed by atoms with Crippen molar-refractivity contribution >= 4 is 11.3 Å². The van der Waals surface area contributed by atoms with E-state index in [0.717, 1.165) is 18.7 Å². The van der Waals surface area contributed by atoms with Crippen LogP contribution in [0.1, 0.15) is 55.2 Å². The highest BCUT2D eigenvalue weighted by atomic mass is 32.1. The van der Waals surface area contributed by atoms with Gasteiger partial charge in [0, 0.05) is 0 Å². The average Bonchev–Trinajstić information content (AvgIpc) is 2.96. The van der Waals surface area contributed by atoms with E-state index in [0.29, 0.717) is 5.92 Å². The van der Waals surface area contributed by atoms with Crippen LogP contribution in [0.5, 0.6) is 5.75 Å². The molecule has 3 heteroatoms. The van der Waals surface area contributed by atoms with Crippen LogP contribution in [-0.4, -0.2) is 13.7 Å². The third kappa shape index (κ3) is 3.86. The van der Waals surface area contributed by atoms with E-state index in [4.69, 9.17) is 4.74 Å². The maximum atomic E-state index is 5.50. The Bertz CT molecular complexity index is 545.